The number of nitrogens with zero attached hydrogens (tertiary/aromatic N) is 3. The van der Waals surface area contributed by atoms with E-state index in [0.29, 0.717) is 5.89 Å². The largest absolute Gasteiger partial charge is 0.436 e. The lowest BCUT2D eigenvalue weighted by Crippen LogP contribution is -1.95. The van der Waals surface area contributed by atoms with Crippen molar-refractivity contribution in [2.24, 2.45) is 0 Å². The number of rotatable bonds is 7. The highest BCUT2D eigenvalue weighted by Crippen LogP contribution is 2.42. The summed E-state index contributed by atoms with van der Waals surface area (Å²) >= 11 is 0. The van der Waals surface area contributed by atoms with Crippen LogP contribution in [0.2, 0.25) is 0 Å². The molecule has 14 rings (SSSR count). The Kier molecular flexibility index (Phi) is 9.49. The summed E-state index contributed by atoms with van der Waals surface area (Å²) in [4.78, 5) is 16.3. The molecule has 0 saturated heterocycles. The predicted octanol–water partition coefficient (Wildman–Crippen LogP) is 18.1. The fraction of sp³-hybridized carbons (Fsp3) is 0. The van der Waals surface area contributed by atoms with Crippen LogP contribution in [0.25, 0.3) is 144 Å². The molecule has 71 heavy (non-hydrogen) atoms. The molecule has 3 heterocycles. The van der Waals surface area contributed by atoms with Crippen LogP contribution in [-0.4, -0.2) is 15.0 Å². The van der Waals surface area contributed by atoms with E-state index < -0.39 is 0 Å². The maximum absolute atomic E-state index is 6.77. The smallest absolute Gasteiger partial charge is 0.227 e. The summed E-state index contributed by atoms with van der Waals surface area (Å²) in [5, 5.41) is 11.4. The van der Waals surface area contributed by atoms with Gasteiger partial charge < -0.3 is 4.42 Å². The molecule has 14 aromatic rings. The zero-order valence-electron chi connectivity index (χ0n) is 38.4. The van der Waals surface area contributed by atoms with Crippen molar-refractivity contribution in [1.82, 2.24) is 15.0 Å². The van der Waals surface area contributed by atoms with Crippen molar-refractivity contribution in [3.05, 3.63) is 249 Å². The SMILES string of the molecule is c1ccc2c(-c3cc(-c4cc(-c5cc(-c6cccc7ccccc67)nc(-c6cccc7ccccc67)c5)cc(-c5nc6c(ccc7ccccc76)o5)c4)cc(-c4cccc5ccccc45)n3)cccc2c1. The first kappa shape index (κ1) is 40.5. The topological polar surface area (TPSA) is 51.8 Å². The Labute approximate surface area is 409 Å². The van der Waals surface area contributed by atoms with Crippen molar-refractivity contribution >= 4 is 65.0 Å². The minimum Gasteiger partial charge on any atom is -0.436 e. The Hall–Kier alpha value is -9.51. The highest BCUT2D eigenvalue weighted by Gasteiger charge is 2.20. The molecular formula is C67H41N3O. The van der Waals surface area contributed by atoms with E-state index in [1.165, 1.54) is 21.5 Å². The van der Waals surface area contributed by atoms with Gasteiger partial charge in [0.05, 0.1) is 22.8 Å². The van der Waals surface area contributed by atoms with Crippen molar-refractivity contribution in [3.63, 3.8) is 0 Å². The van der Waals surface area contributed by atoms with Crippen molar-refractivity contribution in [2.45, 2.75) is 0 Å². The average Bonchev–Trinajstić information content (AvgIpc) is 3.90. The summed E-state index contributed by atoms with van der Waals surface area (Å²) < 4.78 is 6.77. The van der Waals surface area contributed by atoms with Crippen LogP contribution in [0, 0.1) is 0 Å². The van der Waals surface area contributed by atoms with Crippen LogP contribution < -0.4 is 0 Å². The average molecular weight is 904 g/mol. The van der Waals surface area contributed by atoms with Gasteiger partial charge >= 0.3 is 0 Å². The van der Waals surface area contributed by atoms with Gasteiger partial charge in [0.15, 0.2) is 5.58 Å². The van der Waals surface area contributed by atoms with Gasteiger partial charge in [-0.25, -0.2) is 15.0 Å². The van der Waals surface area contributed by atoms with E-state index in [9.17, 15) is 0 Å². The molecule has 0 radical (unpaired) electrons. The molecule has 0 N–H and O–H groups in total. The fourth-order valence-electron chi connectivity index (χ4n) is 10.6. The van der Waals surface area contributed by atoms with Gasteiger partial charge in [0.1, 0.15) is 5.52 Å². The number of hydrogen-bond acceptors (Lipinski definition) is 4. The number of fused-ring (bicyclic) bond motifs is 7. The van der Waals surface area contributed by atoms with Crippen LogP contribution in [0.5, 0.6) is 0 Å². The lowest BCUT2D eigenvalue weighted by atomic mass is 9.91. The van der Waals surface area contributed by atoms with Crippen molar-refractivity contribution < 1.29 is 4.42 Å². The van der Waals surface area contributed by atoms with Crippen LogP contribution >= 0.6 is 0 Å². The van der Waals surface area contributed by atoms with Gasteiger partial charge in [0, 0.05) is 33.2 Å². The predicted molar refractivity (Wildman–Crippen MR) is 295 cm³/mol. The second-order valence-corrected chi connectivity index (χ2v) is 18.3. The summed E-state index contributed by atoms with van der Waals surface area (Å²) in [7, 11) is 0. The summed E-state index contributed by atoms with van der Waals surface area (Å²) in [6.45, 7) is 0. The van der Waals surface area contributed by atoms with E-state index in [4.69, 9.17) is 19.4 Å². The van der Waals surface area contributed by atoms with E-state index in [-0.39, 0.29) is 0 Å². The first-order chi connectivity index (χ1) is 35.1. The second-order valence-electron chi connectivity index (χ2n) is 18.3. The third kappa shape index (κ3) is 7.12. The Morgan fingerprint density at radius 1 is 0.239 bits per heavy atom. The van der Waals surface area contributed by atoms with Crippen LogP contribution in [-0.2, 0) is 0 Å². The molecule has 0 spiro atoms. The molecule has 3 aromatic heterocycles. The molecule has 0 bridgehead atoms. The standard InChI is InChI=1S/C67H41N3O/c1-6-24-52-42(15-1)20-11-29-57(52)61-38-49(39-62(68-61)58-30-12-21-43-16-2-7-25-53(43)58)47-35-48(37-51(36-47)67-70-66-56-28-10-5-19-46(56)33-34-65(66)71-67)50-40-63(59-31-13-22-44-17-3-8-26-54(44)59)69-64(41-50)60-32-14-23-45-18-4-9-27-55(45)60/h1-41H. The van der Waals surface area contributed by atoms with Crippen molar-refractivity contribution in [3.8, 4) is 78.7 Å². The number of pyridine rings is 2. The zero-order valence-corrected chi connectivity index (χ0v) is 38.4. The van der Waals surface area contributed by atoms with E-state index >= 15 is 0 Å². The molecule has 0 unspecified atom stereocenters. The molecule has 0 aliphatic heterocycles. The monoisotopic (exact) mass is 903 g/mol. The summed E-state index contributed by atoms with van der Waals surface area (Å²) in [5.74, 6) is 0.551. The van der Waals surface area contributed by atoms with Gasteiger partial charge in [-0.2, -0.15) is 0 Å². The molecule has 0 saturated carbocycles. The summed E-state index contributed by atoms with van der Waals surface area (Å²) in [6, 6.07) is 88.4. The van der Waals surface area contributed by atoms with Gasteiger partial charge in [0.2, 0.25) is 5.89 Å². The highest BCUT2D eigenvalue weighted by atomic mass is 16.3. The second kappa shape index (κ2) is 16.6. The third-order valence-corrected chi connectivity index (χ3v) is 14.0. The van der Waals surface area contributed by atoms with Crippen LogP contribution in [0.15, 0.2) is 253 Å². The van der Waals surface area contributed by atoms with Gasteiger partial charge in [-0.05, 0) is 119 Å². The first-order valence-corrected chi connectivity index (χ1v) is 24.1. The minimum atomic E-state index is 0.551. The molecule has 11 aromatic carbocycles. The normalized spacial score (nSPS) is 11.7. The maximum Gasteiger partial charge on any atom is 0.227 e. The number of oxazole rings is 1. The Morgan fingerprint density at radius 3 is 0.944 bits per heavy atom. The van der Waals surface area contributed by atoms with E-state index in [2.05, 4.69) is 243 Å². The quantitative estimate of drug-likeness (QED) is 0.160. The van der Waals surface area contributed by atoms with E-state index in [1.807, 2.05) is 6.07 Å². The molecule has 0 aliphatic rings. The van der Waals surface area contributed by atoms with Gasteiger partial charge in [-0.15, -0.1) is 0 Å². The van der Waals surface area contributed by atoms with Crippen LogP contribution in [0.3, 0.4) is 0 Å². The molecule has 330 valence electrons. The lowest BCUT2D eigenvalue weighted by Gasteiger charge is -2.16. The number of aromatic nitrogens is 3. The van der Waals surface area contributed by atoms with Crippen LogP contribution in [0.4, 0.5) is 0 Å². The van der Waals surface area contributed by atoms with E-state index in [1.54, 1.807) is 0 Å². The Balaban J connectivity index is 1.06. The maximum atomic E-state index is 6.77. The van der Waals surface area contributed by atoms with Gasteiger partial charge in [0.25, 0.3) is 0 Å². The number of hydrogen-bond donors (Lipinski definition) is 0. The summed E-state index contributed by atoms with van der Waals surface area (Å²) in [6.07, 6.45) is 0. The molecule has 0 fully saturated rings. The minimum absolute atomic E-state index is 0.551. The molecular weight excluding hydrogens is 863 g/mol. The number of benzene rings is 11. The van der Waals surface area contributed by atoms with Gasteiger partial charge in [-0.3, -0.25) is 0 Å². The molecule has 0 atom stereocenters. The highest BCUT2D eigenvalue weighted by molar-refractivity contribution is 6.05. The van der Waals surface area contributed by atoms with E-state index in [0.717, 1.165) is 116 Å². The van der Waals surface area contributed by atoms with Crippen molar-refractivity contribution in [2.75, 3.05) is 0 Å². The molecule has 4 nitrogen and oxygen atoms in total. The first-order valence-electron chi connectivity index (χ1n) is 24.1. The van der Waals surface area contributed by atoms with Gasteiger partial charge in [-0.1, -0.05) is 200 Å². The van der Waals surface area contributed by atoms with Crippen LogP contribution in [0.1, 0.15) is 0 Å². The molecule has 0 aliphatic carbocycles. The lowest BCUT2D eigenvalue weighted by molar-refractivity contribution is 0.620. The van der Waals surface area contributed by atoms with Crippen molar-refractivity contribution in [1.29, 1.82) is 0 Å². The Bertz CT molecular complexity index is 3990. The molecule has 0 amide bonds. The third-order valence-electron chi connectivity index (χ3n) is 14.0. The Morgan fingerprint density at radius 2 is 0.549 bits per heavy atom. The zero-order chi connectivity index (χ0) is 46.8. The fourth-order valence-corrected chi connectivity index (χ4v) is 10.6. The summed E-state index contributed by atoms with van der Waals surface area (Å²) in [5.41, 5.74) is 14.3. The molecule has 4 heteroatoms.